The monoisotopic (exact) mass is 427 g/mol. The summed E-state index contributed by atoms with van der Waals surface area (Å²) in [6.07, 6.45) is 3.70. The molecule has 0 spiro atoms. The molecular formula is C25H22FN5O. The van der Waals surface area contributed by atoms with Crippen LogP contribution in [0.2, 0.25) is 0 Å². The van der Waals surface area contributed by atoms with Crippen molar-refractivity contribution in [1.29, 1.82) is 0 Å². The van der Waals surface area contributed by atoms with E-state index in [0.29, 0.717) is 24.6 Å². The summed E-state index contributed by atoms with van der Waals surface area (Å²) >= 11 is 0. The first-order valence-corrected chi connectivity index (χ1v) is 10.6. The second-order valence-electron chi connectivity index (χ2n) is 8.03. The van der Waals surface area contributed by atoms with Crippen LogP contribution in [0.3, 0.4) is 0 Å². The molecule has 1 fully saturated rings. The zero-order valence-electron chi connectivity index (χ0n) is 17.6. The molecule has 1 aliphatic rings. The fraction of sp³-hybridized carbons (Fsp3) is 0.200. The van der Waals surface area contributed by atoms with Crippen molar-refractivity contribution in [3.63, 3.8) is 0 Å². The Morgan fingerprint density at radius 3 is 2.84 bits per heavy atom. The van der Waals surface area contributed by atoms with Crippen molar-refractivity contribution in [2.75, 3.05) is 18.4 Å². The SMILES string of the molecule is Cc1cc(Nc2ccc(F)cn2)cc([C@H]2CCN(C(=O)c3nccc4ccccc34)C2)n1. The zero-order chi connectivity index (χ0) is 22.1. The molecular weight excluding hydrogens is 405 g/mol. The van der Waals surface area contributed by atoms with Gasteiger partial charge in [-0.2, -0.15) is 0 Å². The molecule has 5 rings (SSSR count). The summed E-state index contributed by atoms with van der Waals surface area (Å²) in [5.41, 5.74) is 3.13. The van der Waals surface area contributed by atoms with Crippen LogP contribution in [0, 0.1) is 12.7 Å². The fourth-order valence-electron chi connectivity index (χ4n) is 4.20. The summed E-state index contributed by atoms with van der Waals surface area (Å²) in [7, 11) is 0. The summed E-state index contributed by atoms with van der Waals surface area (Å²) < 4.78 is 13.1. The largest absolute Gasteiger partial charge is 0.340 e. The number of amides is 1. The molecule has 0 aliphatic carbocycles. The number of pyridine rings is 3. The van der Waals surface area contributed by atoms with Crippen molar-refractivity contribution < 1.29 is 9.18 Å². The number of aryl methyl sites for hydroxylation is 1. The highest BCUT2D eigenvalue weighted by atomic mass is 19.1. The molecule has 0 radical (unpaired) electrons. The number of rotatable bonds is 4. The second kappa shape index (κ2) is 8.34. The average Bonchev–Trinajstić information content (AvgIpc) is 3.30. The van der Waals surface area contributed by atoms with Crippen LogP contribution in [0.1, 0.15) is 34.2 Å². The maximum atomic E-state index is 13.2. The number of likely N-dealkylation sites (tertiary alicyclic amines) is 1. The maximum Gasteiger partial charge on any atom is 0.273 e. The second-order valence-corrected chi connectivity index (χ2v) is 8.03. The van der Waals surface area contributed by atoms with Gasteiger partial charge in [0.25, 0.3) is 5.91 Å². The van der Waals surface area contributed by atoms with Crippen LogP contribution < -0.4 is 5.32 Å². The van der Waals surface area contributed by atoms with Gasteiger partial charge in [0.15, 0.2) is 0 Å². The molecule has 0 saturated carbocycles. The number of hydrogen-bond donors (Lipinski definition) is 1. The Bertz CT molecular complexity index is 1290. The summed E-state index contributed by atoms with van der Waals surface area (Å²) in [6.45, 7) is 3.19. The van der Waals surface area contributed by atoms with Crippen LogP contribution in [-0.2, 0) is 0 Å². The van der Waals surface area contributed by atoms with Gasteiger partial charge in [-0.1, -0.05) is 24.3 Å². The molecule has 3 aromatic heterocycles. The number of hydrogen-bond acceptors (Lipinski definition) is 5. The lowest BCUT2D eigenvalue weighted by molar-refractivity contribution is 0.0787. The van der Waals surface area contributed by atoms with E-state index in [-0.39, 0.29) is 17.6 Å². The lowest BCUT2D eigenvalue weighted by Gasteiger charge is -2.17. The minimum absolute atomic E-state index is 0.0502. The molecule has 7 heteroatoms. The Morgan fingerprint density at radius 1 is 1.12 bits per heavy atom. The van der Waals surface area contributed by atoms with Gasteiger partial charge >= 0.3 is 0 Å². The predicted molar refractivity (Wildman–Crippen MR) is 121 cm³/mol. The first kappa shape index (κ1) is 20.1. The number of carbonyl (C=O) groups is 1. The van der Waals surface area contributed by atoms with E-state index in [1.807, 2.05) is 54.3 Å². The normalized spacial score (nSPS) is 15.8. The Kier molecular flexibility index (Phi) is 5.23. The molecule has 1 atom stereocenters. The van der Waals surface area contributed by atoms with Gasteiger partial charge in [0, 0.05) is 47.7 Å². The molecule has 1 aliphatic heterocycles. The summed E-state index contributed by atoms with van der Waals surface area (Å²) in [6, 6.07) is 16.6. The molecule has 1 aromatic carbocycles. The molecule has 0 bridgehead atoms. The number of nitrogens with zero attached hydrogens (tertiary/aromatic N) is 4. The van der Waals surface area contributed by atoms with Crippen molar-refractivity contribution >= 4 is 28.2 Å². The van der Waals surface area contributed by atoms with Crippen molar-refractivity contribution in [2.24, 2.45) is 0 Å². The van der Waals surface area contributed by atoms with Gasteiger partial charge in [-0.25, -0.2) is 9.37 Å². The van der Waals surface area contributed by atoms with E-state index in [1.165, 1.54) is 12.3 Å². The number of nitrogens with one attached hydrogen (secondary N) is 1. The third kappa shape index (κ3) is 4.01. The number of aromatic nitrogens is 3. The van der Waals surface area contributed by atoms with E-state index in [9.17, 15) is 9.18 Å². The Morgan fingerprint density at radius 2 is 2.00 bits per heavy atom. The minimum Gasteiger partial charge on any atom is -0.340 e. The van der Waals surface area contributed by atoms with Crippen LogP contribution in [-0.4, -0.2) is 38.8 Å². The molecule has 4 aromatic rings. The van der Waals surface area contributed by atoms with E-state index in [1.54, 1.807) is 12.3 Å². The first-order chi connectivity index (χ1) is 15.6. The van der Waals surface area contributed by atoms with Crippen LogP contribution in [0.4, 0.5) is 15.9 Å². The highest BCUT2D eigenvalue weighted by Crippen LogP contribution is 2.30. The fourth-order valence-corrected chi connectivity index (χ4v) is 4.20. The van der Waals surface area contributed by atoms with Crippen molar-refractivity contribution in [3.05, 3.63) is 89.9 Å². The summed E-state index contributed by atoms with van der Waals surface area (Å²) in [5.74, 6) is 0.271. The third-order valence-corrected chi connectivity index (χ3v) is 5.74. The third-order valence-electron chi connectivity index (χ3n) is 5.74. The first-order valence-electron chi connectivity index (χ1n) is 10.6. The molecule has 1 saturated heterocycles. The molecule has 0 unspecified atom stereocenters. The Balaban J connectivity index is 1.35. The molecule has 6 nitrogen and oxygen atoms in total. The van der Waals surface area contributed by atoms with E-state index in [4.69, 9.17) is 4.98 Å². The van der Waals surface area contributed by atoms with E-state index in [2.05, 4.69) is 15.3 Å². The maximum absolute atomic E-state index is 13.2. The van der Waals surface area contributed by atoms with Crippen LogP contribution in [0.5, 0.6) is 0 Å². The number of anilines is 2. The van der Waals surface area contributed by atoms with Gasteiger partial charge in [0.2, 0.25) is 0 Å². The Labute approximate surface area is 185 Å². The highest BCUT2D eigenvalue weighted by Gasteiger charge is 2.30. The predicted octanol–water partition coefficient (Wildman–Crippen LogP) is 4.85. The lowest BCUT2D eigenvalue weighted by Crippen LogP contribution is -2.29. The standard InChI is InChI=1S/C25H22FN5O/c1-16-12-20(30-23-7-6-19(26)14-28-23)13-22(29-16)18-9-11-31(15-18)25(32)24-21-5-3-2-4-17(21)8-10-27-24/h2-8,10,12-14,18H,9,11,15H2,1H3,(H,28,29,30)/t18-/m0/s1. The topological polar surface area (TPSA) is 71.0 Å². The smallest absolute Gasteiger partial charge is 0.273 e. The van der Waals surface area contributed by atoms with Gasteiger partial charge in [-0.05, 0) is 49.1 Å². The van der Waals surface area contributed by atoms with E-state index in [0.717, 1.165) is 34.3 Å². The number of halogens is 1. The van der Waals surface area contributed by atoms with Crippen LogP contribution >= 0.6 is 0 Å². The molecule has 32 heavy (non-hydrogen) atoms. The van der Waals surface area contributed by atoms with E-state index >= 15 is 0 Å². The van der Waals surface area contributed by atoms with Crippen LogP contribution in [0.15, 0.2) is 67.0 Å². The minimum atomic E-state index is -0.376. The highest BCUT2D eigenvalue weighted by molar-refractivity contribution is 6.05. The molecule has 1 amide bonds. The van der Waals surface area contributed by atoms with E-state index < -0.39 is 0 Å². The van der Waals surface area contributed by atoms with Gasteiger partial charge in [-0.3, -0.25) is 14.8 Å². The quantitative estimate of drug-likeness (QED) is 0.504. The molecule has 1 N–H and O–H groups in total. The number of fused-ring (bicyclic) bond motifs is 1. The van der Waals surface area contributed by atoms with Crippen molar-refractivity contribution in [2.45, 2.75) is 19.3 Å². The molecule has 160 valence electrons. The van der Waals surface area contributed by atoms with Gasteiger partial charge < -0.3 is 10.2 Å². The summed E-state index contributed by atoms with van der Waals surface area (Å²) in [4.78, 5) is 28.2. The average molecular weight is 427 g/mol. The van der Waals surface area contributed by atoms with Gasteiger partial charge in [-0.15, -0.1) is 0 Å². The van der Waals surface area contributed by atoms with Gasteiger partial charge in [0.1, 0.15) is 17.3 Å². The van der Waals surface area contributed by atoms with Crippen molar-refractivity contribution in [3.8, 4) is 0 Å². The number of benzene rings is 1. The zero-order valence-corrected chi connectivity index (χ0v) is 17.6. The van der Waals surface area contributed by atoms with Crippen LogP contribution in [0.25, 0.3) is 10.8 Å². The van der Waals surface area contributed by atoms with Gasteiger partial charge in [0.05, 0.1) is 6.20 Å². The Hall–Kier alpha value is -3.87. The van der Waals surface area contributed by atoms with Crippen molar-refractivity contribution in [1.82, 2.24) is 19.9 Å². The summed E-state index contributed by atoms with van der Waals surface area (Å²) in [5, 5.41) is 5.08. The lowest BCUT2D eigenvalue weighted by atomic mass is 10.0. The number of carbonyl (C=O) groups excluding carboxylic acids is 1. The molecule has 4 heterocycles.